The number of halogens is 1. The fraction of sp³-hybridized carbons (Fsp3) is 0.500. The first-order valence-electron chi connectivity index (χ1n) is 6.27. The van der Waals surface area contributed by atoms with Crippen LogP contribution < -0.4 is 5.32 Å². The molecule has 1 aliphatic carbocycles. The van der Waals surface area contributed by atoms with Crippen molar-refractivity contribution in [3.05, 3.63) is 28.7 Å². The molecule has 0 spiro atoms. The number of esters is 1. The summed E-state index contributed by atoms with van der Waals surface area (Å²) in [6.07, 6.45) is 2.16. The summed E-state index contributed by atoms with van der Waals surface area (Å²) in [4.78, 5) is 12.1. The van der Waals surface area contributed by atoms with Gasteiger partial charge in [-0.25, -0.2) is 4.79 Å². The Bertz CT molecular complexity index is 445. The normalized spacial score (nSPS) is 17.9. The van der Waals surface area contributed by atoms with E-state index in [1.54, 1.807) is 0 Å². The molecule has 0 aromatic heterocycles. The average Bonchev–Trinajstić information content (AvgIpc) is 3.13. The zero-order chi connectivity index (χ0) is 13.2. The highest BCUT2D eigenvalue weighted by atomic mass is 79.9. The Kier molecular flexibility index (Phi) is 3.95. The first kappa shape index (κ1) is 13.4. The van der Waals surface area contributed by atoms with Crippen LogP contribution >= 0.6 is 15.9 Å². The van der Waals surface area contributed by atoms with Crippen LogP contribution in [0.15, 0.2) is 28.7 Å². The van der Waals surface area contributed by atoms with E-state index in [1.807, 2.05) is 38.1 Å². The van der Waals surface area contributed by atoms with Gasteiger partial charge in [0.1, 0.15) is 5.54 Å². The van der Waals surface area contributed by atoms with Crippen LogP contribution in [0.1, 0.15) is 26.7 Å². The Morgan fingerprint density at radius 2 is 2.28 bits per heavy atom. The molecule has 1 saturated carbocycles. The predicted octanol–water partition coefficient (Wildman–Crippen LogP) is 3.59. The van der Waals surface area contributed by atoms with E-state index in [2.05, 4.69) is 21.2 Å². The second-order valence-electron chi connectivity index (χ2n) is 4.83. The highest BCUT2D eigenvalue weighted by Gasteiger charge is 2.48. The molecule has 0 bridgehead atoms. The van der Waals surface area contributed by atoms with Gasteiger partial charge in [-0.3, -0.25) is 0 Å². The lowest BCUT2D eigenvalue weighted by Gasteiger charge is -2.29. The first-order chi connectivity index (χ1) is 8.56. The number of carbonyl (C=O) groups excluding carboxylic acids is 1. The largest absolute Gasteiger partial charge is 0.464 e. The average molecular weight is 312 g/mol. The lowest BCUT2D eigenvalue weighted by Crippen LogP contribution is -2.46. The number of hydrogen-bond donors (Lipinski definition) is 1. The van der Waals surface area contributed by atoms with E-state index in [9.17, 15) is 4.79 Å². The Hall–Kier alpha value is -1.03. The zero-order valence-corrected chi connectivity index (χ0v) is 12.3. The third kappa shape index (κ3) is 2.86. The summed E-state index contributed by atoms with van der Waals surface area (Å²) in [5.41, 5.74) is 0.323. The van der Waals surface area contributed by atoms with Gasteiger partial charge < -0.3 is 10.1 Å². The maximum atomic E-state index is 12.1. The van der Waals surface area contributed by atoms with Crippen molar-refractivity contribution in [3.8, 4) is 0 Å². The Balaban J connectivity index is 2.18. The van der Waals surface area contributed by atoms with Gasteiger partial charge in [0.05, 0.1) is 6.61 Å². The summed E-state index contributed by atoms with van der Waals surface area (Å²) < 4.78 is 6.19. The van der Waals surface area contributed by atoms with Crippen LogP contribution in [-0.4, -0.2) is 18.1 Å². The highest BCUT2D eigenvalue weighted by molar-refractivity contribution is 9.10. The van der Waals surface area contributed by atoms with Crippen LogP contribution in [0.3, 0.4) is 0 Å². The Morgan fingerprint density at radius 1 is 1.56 bits per heavy atom. The molecule has 3 nitrogen and oxygen atoms in total. The predicted molar refractivity (Wildman–Crippen MR) is 75.5 cm³/mol. The van der Waals surface area contributed by atoms with Gasteiger partial charge >= 0.3 is 5.97 Å². The van der Waals surface area contributed by atoms with Gasteiger partial charge in [-0.2, -0.15) is 0 Å². The molecular weight excluding hydrogens is 294 g/mol. The summed E-state index contributed by atoms with van der Waals surface area (Å²) in [6, 6.07) is 7.85. The summed E-state index contributed by atoms with van der Waals surface area (Å²) in [6.45, 7) is 4.19. The van der Waals surface area contributed by atoms with Crippen molar-refractivity contribution in [1.82, 2.24) is 0 Å². The van der Waals surface area contributed by atoms with Gasteiger partial charge in [0.25, 0.3) is 0 Å². The van der Waals surface area contributed by atoms with Gasteiger partial charge in [-0.05, 0) is 50.8 Å². The lowest BCUT2D eigenvalue weighted by atomic mass is 9.95. The van der Waals surface area contributed by atoms with Gasteiger partial charge in [-0.1, -0.05) is 22.0 Å². The van der Waals surface area contributed by atoms with Crippen molar-refractivity contribution in [2.45, 2.75) is 32.2 Å². The molecule has 1 aliphatic rings. The van der Waals surface area contributed by atoms with Crippen molar-refractivity contribution in [2.24, 2.45) is 5.92 Å². The summed E-state index contributed by atoms with van der Waals surface area (Å²) in [5.74, 6) is 0.211. The zero-order valence-electron chi connectivity index (χ0n) is 10.7. The molecule has 1 aromatic carbocycles. The number of carbonyl (C=O) groups is 1. The number of ether oxygens (including phenoxy) is 1. The Morgan fingerprint density at radius 3 is 2.83 bits per heavy atom. The summed E-state index contributed by atoms with van der Waals surface area (Å²) >= 11 is 3.43. The minimum Gasteiger partial charge on any atom is -0.464 e. The third-order valence-corrected chi connectivity index (χ3v) is 3.82. The van der Waals surface area contributed by atoms with E-state index in [1.165, 1.54) is 0 Å². The van der Waals surface area contributed by atoms with E-state index in [4.69, 9.17) is 4.74 Å². The maximum absolute atomic E-state index is 12.1. The Labute approximate surface area is 116 Å². The fourth-order valence-corrected chi connectivity index (χ4v) is 2.53. The third-order valence-electron chi connectivity index (χ3n) is 3.32. The van der Waals surface area contributed by atoms with Crippen molar-refractivity contribution in [1.29, 1.82) is 0 Å². The minimum atomic E-state index is -0.614. The van der Waals surface area contributed by atoms with Crippen molar-refractivity contribution in [2.75, 3.05) is 11.9 Å². The van der Waals surface area contributed by atoms with Crippen molar-refractivity contribution in [3.63, 3.8) is 0 Å². The van der Waals surface area contributed by atoms with Gasteiger partial charge in [0.15, 0.2) is 0 Å². The molecule has 2 rings (SSSR count). The lowest BCUT2D eigenvalue weighted by molar-refractivity contribution is -0.148. The van der Waals surface area contributed by atoms with Crippen molar-refractivity contribution >= 4 is 27.6 Å². The van der Waals surface area contributed by atoms with Gasteiger partial charge in [0, 0.05) is 10.2 Å². The van der Waals surface area contributed by atoms with Gasteiger partial charge in [0.2, 0.25) is 0 Å². The number of rotatable bonds is 5. The summed E-state index contributed by atoms with van der Waals surface area (Å²) in [7, 11) is 0. The van der Waals surface area contributed by atoms with E-state index < -0.39 is 5.54 Å². The molecule has 0 aliphatic heterocycles. The standard InChI is InChI=1S/C14H18BrNO2/c1-3-18-13(17)14(2,10-7-8-10)16-12-6-4-5-11(15)9-12/h4-6,9-10,16H,3,7-8H2,1-2H3. The van der Waals surface area contributed by atoms with Crippen LogP contribution in [-0.2, 0) is 9.53 Å². The van der Waals surface area contributed by atoms with Crippen LogP contribution in [0.2, 0.25) is 0 Å². The molecule has 0 saturated heterocycles. The molecule has 1 aromatic rings. The van der Waals surface area contributed by atoms with E-state index in [-0.39, 0.29) is 5.97 Å². The van der Waals surface area contributed by atoms with Crippen LogP contribution in [0, 0.1) is 5.92 Å². The number of anilines is 1. The smallest absolute Gasteiger partial charge is 0.331 e. The monoisotopic (exact) mass is 311 g/mol. The number of nitrogens with one attached hydrogen (secondary N) is 1. The maximum Gasteiger partial charge on any atom is 0.331 e. The number of hydrogen-bond acceptors (Lipinski definition) is 3. The second kappa shape index (κ2) is 5.31. The molecule has 98 valence electrons. The molecule has 1 fully saturated rings. The molecule has 0 heterocycles. The molecular formula is C14H18BrNO2. The second-order valence-corrected chi connectivity index (χ2v) is 5.75. The topological polar surface area (TPSA) is 38.3 Å². The quantitative estimate of drug-likeness (QED) is 0.844. The van der Waals surface area contributed by atoms with E-state index >= 15 is 0 Å². The van der Waals surface area contributed by atoms with Crippen molar-refractivity contribution < 1.29 is 9.53 Å². The van der Waals surface area contributed by atoms with E-state index in [0.717, 1.165) is 23.0 Å². The molecule has 1 atom stereocenters. The fourth-order valence-electron chi connectivity index (χ4n) is 2.13. The highest BCUT2D eigenvalue weighted by Crippen LogP contribution is 2.42. The molecule has 1 N–H and O–H groups in total. The summed E-state index contributed by atoms with van der Waals surface area (Å²) in [5, 5.41) is 3.34. The molecule has 1 unspecified atom stereocenters. The van der Waals surface area contributed by atoms with Crippen LogP contribution in [0.25, 0.3) is 0 Å². The molecule has 4 heteroatoms. The van der Waals surface area contributed by atoms with Crippen LogP contribution in [0.5, 0.6) is 0 Å². The first-order valence-corrected chi connectivity index (χ1v) is 7.06. The molecule has 0 amide bonds. The van der Waals surface area contributed by atoms with Crippen LogP contribution in [0.4, 0.5) is 5.69 Å². The SMILES string of the molecule is CCOC(=O)C(C)(Nc1cccc(Br)c1)C1CC1. The van der Waals surface area contributed by atoms with E-state index in [0.29, 0.717) is 12.5 Å². The minimum absolute atomic E-state index is 0.160. The number of benzene rings is 1. The van der Waals surface area contributed by atoms with Gasteiger partial charge in [-0.15, -0.1) is 0 Å². The molecule has 0 radical (unpaired) electrons. The molecule has 18 heavy (non-hydrogen) atoms.